The van der Waals surface area contributed by atoms with Crippen LogP contribution >= 0.6 is 0 Å². The summed E-state index contributed by atoms with van der Waals surface area (Å²) >= 11 is 0. The molecule has 38 heavy (non-hydrogen) atoms. The molecule has 10 nitrogen and oxygen atoms in total. The number of allylic oxidation sites excluding steroid dienone is 2. The van der Waals surface area contributed by atoms with Crippen molar-refractivity contribution in [1.29, 1.82) is 0 Å². The van der Waals surface area contributed by atoms with E-state index in [0.717, 1.165) is 53.2 Å². The Morgan fingerprint density at radius 3 is 2.87 bits per heavy atom. The lowest BCUT2D eigenvalue weighted by atomic mass is 9.76. The number of nitrogens with zero attached hydrogens (tertiary/aromatic N) is 3. The predicted octanol–water partition coefficient (Wildman–Crippen LogP) is 1.80. The third kappa shape index (κ3) is 5.28. The maximum absolute atomic E-state index is 12.7. The average molecular weight is 541 g/mol. The van der Waals surface area contributed by atoms with Gasteiger partial charge < -0.3 is 20.1 Å². The molecule has 5 rings (SSSR count). The lowest BCUT2D eigenvalue weighted by Crippen LogP contribution is -2.61. The van der Waals surface area contributed by atoms with Crippen LogP contribution in [0, 0.1) is 5.41 Å². The summed E-state index contributed by atoms with van der Waals surface area (Å²) in [5.74, 6) is 1.80. The third-order valence-corrected chi connectivity index (χ3v) is 9.05. The van der Waals surface area contributed by atoms with Gasteiger partial charge in [0.25, 0.3) is 10.0 Å². The van der Waals surface area contributed by atoms with Crippen molar-refractivity contribution >= 4 is 21.4 Å². The number of hydrogen-bond acceptors (Lipinski definition) is 9. The Kier molecular flexibility index (Phi) is 6.97. The van der Waals surface area contributed by atoms with Crippen molar-refractivity contribution < 1.29 is 18.3 Å². The highest BCUT2D eigenvalue weighted by Gasteiger charge is 2.38. The van der Waals surface area contributed by atoms with Crippen LogP contribution in [0.3, 0.4) is 0 Å². The number of sulfonamides is 1. The van der Waals surface area contributed by atoms with Crippen LogP contribution in [0.5, 0.6) is 5.75 Å². The number of aryl methyl sites for hydroxylation is 1. The molecule has 11 heteroatoms. The zero-order valence-electron chi connectivity index (χ0n) is 22.1. The number of nitrogens with one attached hydrogen (secondary N) is 2. The van der Waals surface area contributed by atoms with Gasteiger partial charge in [-0.3, -0.25) is 5.73 Å². The van der Waals surface area contributed by atoms with E-state index in [-0.39, 0.29) is 12.0 Å². The maximum Gasteiger partial charge on any atom is 0.253 e. The second-order valence-electron chi connectivity index (χ2n) is 11.1. The van der Waals surface area contributed by atoms with Crippen LogP contribution in [0.1, 0.15) is 49.6 Å². The molecule has 2 unspecified atom stereocenters. The van der Waals surface area contributed by atoms with Crippen molar-refractivity contribution in [1.82, 2.24) is 20.0 Å². The molecular weight excluding hydrogens is 504 g/mol. The molecule has 2 atom stereocenters. The molecule has 3 heterocycles. The molecule has 0 bridgehead atoms. The first kappa shape index (κ1) is 26.6. The lowest BCUT2D eigenvalue weighted by molar-refractivity contribution is 0.198. The SMILES string of the molecule is CC(O)CNS(=O)(=O)C1(N)C=CC(c2ccc3c(c2)CN(c2ncnc4c2CC(C)(C)CC4)CCO3)=CN1. The monoisotopic (exact) mass is 540 g/mol. The minimum absolute atomic E-state index is 0.123. The van der Waals surface area contributed by atoms with E-state index in [1.165, 1.54) is 18.6 Å². The third-order valence-electron chi connectivity index (χ3n) is 7.36. The molecule has 0 radical (unpaired) electrons. The quantitative estimate of drug-likeness (QED) is 0.431. The van der Waals surface area contributed by atoms with Crippen molar-refractivity contribution in [2.24, 2.45) is 11.1 Å². The van der Waals surface area contributed by atoms with Gasteiger partial charge in [0.05, 0.1) is 12.6 Å². The highest BCUT2D eigenvalue weighted by molar-refractivity contribution is 7.91. The number of nitrogens with two attached hydrogens (primary N) is 1. The Morgan fingerprint density at radius 2 is 2.13 bits per heavy atom. The second kappa shape index (κ2) is 9.96. The fourth-order valence-electron chi connectivity index (χ4n) is 5.08. The van der Waals surface area contributed by atoms with E-state index in [1.807, 2.05) is 12.1 Å². The minimum Gasteiger partial charge on any atom is -0.491 e. The van der Waals surface area contributed by atoms with Gasteiger partial charge in [0, 0.05) is 36.1 Å². The molecule has 2 aliphatic heterocycles. The Morgan fingerprint density at radius 1 is 1.32 bits per heavy atom. The van der Waals surface area contributed by atoms with Gasteiger partial charge >= 0.3 is 0 Å². The van der Waals surface area contributed by atoms with Crippen molar-refractivity contribution in [3.05, 3.63) is 65.3 Å². The highest BCUT2D eigenvalue weighted by atomic mass is 32.2. The smallest absolute Gasteiger partial charge is 0.253 e. The van der Waals surface area contributed by atoms with Gasteiger partial charge in [0.15, 0.2) is 0 Å². The van der Waals surface area contributed by atoms with Crippen LogP contribution in [0.25, 0.3) is 5.57 Å². The van der Waals surface area contributed by atoms with Crippen LogP contribution in [-0.4, -0.2) is 54.3 Å². The molecule has 2 aromatic rings. The highest BCUT2D eigenvalue weighted by Crippen LogP contribution is 2.38. The standard InChI is InChI=1S/C27H36N6O4S/c1-18(34)14-32-38(35,36)27(28)9-6-20(15-31-27)19-4-5-24-21(12-19)16-33(10-11-37-24)25-22-13-26(2,3)8-7-23(22)29-17-30-25/h4-6,9,12,15,17-18,31-32,34H,7-8,10-11,13-14,16,28H2,1-3H3. The molecular formula is C27H36N6O4S. The number of dihydropyridines is 1. The van der Waals surface area contributed by atoms with Crippen LogP contribution in [0.2, 0.25) is 0 Å². The second-order valence-corrected chi connectivity index (χ2v) is 13.1. The first-order chi connectivity index (χ1) is 18.0. The van der Waals surface area contributed by atoms with E-state index in [1.54, 1.807) is 18.6 Å². The van der Waals surface area contributed by atoms with Crippen molar-refractivity contribution in [2.75, 3.05) is 24.6 Å². The first-order valence-electron chi connectivity index (χ1n) is 12.9. The maximum atomic E-state index is 12.7. The summed E-state index contributed by atoms with van der Waals surface area (Å²) < 4.78 is 33.8. The molecule has 1 aromatic carbocycles. The van der Waals surface area contributed by atoms with E-state index in [9.17, 15) is 13.5 Å². The van der Waals surface area contributed by atoms with Gasteiger partial charge in [-0.25, -0.2) is 23.1 Å². The zero-order chi connectivity index (χ0) is 27.1. The summed E-state index contributed by atoms with van der Waals surface area (Å²) in [6.45, 7) is 7.86. The summed E-state index contributed by atoms with van der Waals surface area (Å²) in [6, 6.07) is 5.96. The summed E-state index contributed by atoms with van der Waals surface area (Å²) in [7, 11) is -3.97. The van der Waals surface area contributed by atoms with Gasteiger partial charge in [-0.2, -0.15) is 0 Å². The molecule has 0 fully saturated rings. The predicted molar refractivity (Wildman–Crippen MR) is 147 cm³/mol. The Bertz CT molecular complexity index is 1390. The van der Waals surface area contributed by atoms with E-state index in [2.05, 4.69) is 39.8 Å². The lowest BCUT2D eigenvalue weighted by Gasteiger charge is -2.33. The number of anilines is 1. The number of benzene rings is 1. The normalized spacial score (nSPS) is 23.3. The van der Waals surface area contributed by atoms with Crippen LogP contribution in [0.4, 0.5) is 5.82 Å². The number of fused-ring (bicyclic) bond motifs is 2. The Hall–Kier alpha value is -2.99. The topological polar surface area (TPSA) is 143 Å². The first-order valence-corrected chi connectivity index (χ1v) is 14.4. The number of hydrogen-bond donors (Lipinski definition) is 4. The van der Waals surface area contributed by atoms with Crippen molar-refractivity contribution in [3.8, 4) is 5.75 Å². The number of ether oxygens (including phenoxy) is 1. The summed E-state index contributed by atoms with van der Waals surface area (Å²) in [5, 5.41) is 12.3. The molecule has 5 N–H and O–H groups in total. The molecule has 1 aliphatic carbocycles. The summed E-state index contributed by atoms with van der Waals surface area (Å²) in [5.41, 5.74) is 11.4. The van der Waals surface area contributed by atoms with Crippen LogP contribution in [-0.2, 0) is 29.4 Å². The van der Waals surface area contributed by atoms with Crippen LogP contribution in [0.15, 0.2) is 42.9 Å². The van der Waals surface area contributed by atoms with Crippen molar-refractivity contribution in [2.45, 2.75) is 57.7 Å². The molecule has 1 aromatic heterocycles. The molecule has 0 saturated carbocycles. The molecule has 204 valence electrons. The number of aliphatic hydroxyl groups is 1. The Balaban J connectivity index is 1.38. The number of aliphatic hydroxyl groups excluding tert-OH is 1. The van der Waals surface area contributed by atoms with Crippen LogP contribution < -0.4 is 25.4 Å². The number of aromatic nitrogens is 2. The summed E-state index contributed by atoms with van der Waals surface area (Å²) in [4.78, 5) is 9.73. The largest absolute Gasteiger partial charge is 0.491 e. The number of rotatable bonds is 6. The molecule has 0 amide bonds. The molecule has 3 aliphatic rings. The van der Waals surface area contributed by atoms with E-state index in [4.69, 9.17) is 15.5 Å². The van der Waals surface area contributed by atoms with Gasteiger partial charge in [-0.05, 0) is 60.9 Å². The van der Waals surface area contributed by atoms with E-state index in [0.29, 0.717) is 19.7 Å². The van der Waals surface area contributed by atoms with Gasteiger partial charge in [0.2, 0.25) is 4.99 Å². The van der Waals surface area contributed by atoms with Gasteiger partial charge in [0.1, 0.15) is 24.5 Å². The zero-order valence-corrected chi connectivity index (χ0v) is 22.9. The average Bonchev–Trinajstić information content (AvgIpc) is 3.09. The molecule has 0 spiro atoms. The van der Waals surface area contributed by atoms with E-state index < -0.39 is 21.1 Å². The van der Waals surface area contributed by atoms with Gasteiger partial charge in [-0.15, -0.1) is 0 Å². The molecule has 0 saturated heterocycles. The van der Waals surface area contributed by atoms with E-state index >= 15 is 0 Å². The fourth-order valence-corrected chi connectivity index (χ4v) is 6.24. The summed E-state index contributed by atoms with van der Waals surface area (Å²) in [6.07, 6.45) is 8.57. The fraction of sp³-hybridized carbons (Fsp3) is 0.481. The Labute approximate surface area is 224 Å². The van der Waals surface area contributed by atoms with Gasteiger partial charge in [-0.1, -0.05) is 26.0 Å². The minimum atomic E-state index is -3.97. The van der Waals surface area contributed by atoms with Crippen molar-refractivity contribution in [3.63, 3.8) is 0 Å².